The number of hydrogen-bond acceptors (Lipinski definition) is 2. The Balaban J connectivity index is 1.89. The fourth-order valence-corrected chi connectivity index (χ4v) is 3.52. The van der Waals surface area contributed by atoms with Gasteiger partial charge in [-0.1, -0.05) is 42.8 Å². The number of Topliss-reactive ketones (excluding diaryl/α,β-unsaturated/α-hetero) is 1. The quantitative estimate of drug-likeness (QED) is 0.771. The first-order chi connectivity index (χ1) is 11.1. The van der Waals surface area contributed by atoms with E-state index in [1.54, 1.807) is 0 Å². The van der Waals surface area contributed by atoms with Gasteiger partial charge in [0.2, 0.25) is 0 Å². The second-order valence-electron chi connectivity index (χ2n) is 6.90. The summed E-state index contributed by atoms with van der Waals surface area (Å²) in [7, 11) is 0. The number of fused-ring (bicyclic) bond motifs is 1. The van der Waals surface area contributed by atoms with Gasteiger partial charge in [-0.15, -0.1) is 0 Å². The van der Waals surface area contributed by atoms with Gasteiger partial charge in [0, 0.05) is 12.3 Å². The lowest BCUT2D eigenvalue weighted by atomic mass is 9.82. The second-order valence-corrected chi connectivity index (χ2v) is 6.90. The summed E-state index contributed by atoms with van der Waals surface area (Å²) in [6, 6.07) is 12.9. The van der Waals surface area contributed by atoms with E-state index in [-0.39, 0.29) is 12.0 Å². The molecule has 122 valence electrons. The summed E-state index contributed by atoms with van der Waals surface area (Å²) >= 11 is 0. The van der Waals surface area contributed by atoms with Crippen LogP contribution in [-0.2, 0) is 22.6 Å². The first-order valence-electron chi connectivity index (χ1n) is 8.79. The molecule has 23 heavy (non-hydrogen) atoms. The fraction of sp³-hybridized carbons (Fsp3) is 0.476. The third kappa shape index (κ3) is 3.81. The number of ketones is 1. The van der Waals surface area contributed by atoms with E-state index in [4.69, 9.17) is 4.74 Å². The van der Waals surface area contributed by atoms with E-state index in [0.29, 0.717) is 12.4 Å². The number of hydrogen-bond donors (Lipinski definition) is 0. The van der Waals surface area contributed by atoms with Crippen LogP contribution in [-0.4, -0.2) is 11.9 Å². The molecular formula is C21H26O2. The van der Waals surface area contributed by atoms with E-state index >= 15 is 0 Å². The smallest absolute Gasteiger partial charge is 0.136 e. The lowest BCUT2D eigenvalue weighted by Crippen LogP contribution is -2.21. The average Bonchev–Trinajstić information content (AvgIpc) is 2.56. The highest BCUT2D eigenvalue weighted by molar-refractivity contribution is 5.89. The van der Waals surface area contributed by atoms with Crippen LogP contribution in [0.15, 0.2) is 36.4 Å². The van der Waals surface area contributed by atoms with Crippen molar-refractivity contribution in [1.29, 1.82) is 0 Å². The molecule has 0 spiro atoms. The Bertz CT molecular complexity index is 687. The van der Waals surface area contributed by atoms with Crippen LogP contribution in [0.2, 0.25) is 0 Å². The van der Waals surface area contributed by atoms with Crippen molar-refractivity contribution in [3.8, 4) is 0 Å². The Morgan fingerprint density at radius 1 is 1.04 bits per heavy atom. The van der Waals surface area contributed by atoms with Crippen molar-refractivity contribution >= 4 is 16.6 Å². The normalized spacial score (nSPS) is 18.7. The summed E-state index contributed by atoms with van der Waals surface area (Å²) in [6.07, 6.45) is 5.18. The minimum Gasteiger partial charge on any atom is -0.374 e. The first-order valence-corrected chi connectivity index (χ1v) is 8.79. The molecule has 1 fully saturated rings. The lowest BCUT2D eigenvalue weighted by Gasteiger charge is -2.21. The van der Waals surface area contributed by atoms with Gasteiger partial charge in [0.05, 0.1) is 12.7 Å². The molecule has 0 amide bonds. The Morgan fingerprint density at radius 3 is 2.43 bits per heavy atom. The molecule has 1 saturated carbocycles. The van der Waals surface area contributed by atoms with Gasteiger partial charge in [-0.25, -0.2) is 0 Å². The van der Waals surface area contributed by atoms with Crippen molar-refractivity contribution in [2.75, 3.05) is 0 Å². The van der Waals surface area contributed by atoms with E-state index in [0.717, 1.165) is 25.7 Å². The third-order valence-corrected chi connectivity index (χ3v) is 4.82. The molecule has 2 aromatic carbocycles. The van der Waals surface area contributed by atoms with Crippen molar-refractivity contribution in [3.63, 3.8) is 0 Å². The molecule has 0 saturated heterocycles. The predicted molar refractivity (Wildman–Crippen MR) is 94.5 cm³/mol. The number of ether oxygens (including phenoxy) is 1. The first kappa shape index (κ1) is 16.2. The van der Waals surface area contributed by atoms with Crippen LogP contribution < -0.4 is 0 Å². The Kier molecular flexibility index (Phi) is 5.12. The van der Waals surface area contributed by atoms with Crippen molar-refractivity contribution in [2.24, 2.45) is 5.92 Å². The highest BCUT2D eigenvalue weighted by atomic mass is 16.5. The van der Waals surface area contributed by atoms with Crippen LogP contribution in [0.25, 0.3) is 10.8 Å². The van der Waals surface area contributed by atoms with Gasteiger partial charge in [0.15, 0.2) is 0 Å². The highest BCUT2D eigenvalue weighted by Gasteiger charge is 2.23. The summed E-state index contributed by atoms with van der Waals surface area (Å²) in [6.45, 7) is 4.76. The van der Waals surface area contributed by atoms with E-state index in [2.05, 4.69) is 50.2 Å². The topological polar surface area (TPSA) is 26.3 Å². The lowest BCUT2D eigenvalue weighted by molar-refractivity contribution is -0.124. The van der Waals surface area contributed by atoms with E-state index in [1.807, 2.05) is 0 Å². The molecule has 0 N–H and O–H groups in total. The molecule has 2 aromatic rings. The van der Waals surface area contributed by atoms with Crippen LogP contribution in [0, 0.1) is 5.92 Å². The van der Waals surface area contributed by atoms with Gasteiger partial charge in [-0.3, -0.25) is 4.79 Å². The summed E-state index contributed by atoms with van der Waals surface area (Å²) < 4.78 is 5.79. The van der Waals surface area contributed by atoms with E-state index < -0.39 is 0 Å². The van der Waals surface area contributed by atoms with Crippen LogP contribution in [0.4, 0.5) is 0 Å². The fourth-order valence-electron chi connectivity index (χ4n) is 3.52. The van der Waals surface area contributed by atoms with Crippen molar-refractivity contribution in [2.45, 2.75) is 58.7 Å². The number of benzene rings is 2. The molecule has 1 aliphatic rings. The predicted octanol–water partition coefficient (Wildman–Crippen LogP) is 5.07. The molecule has 0 aromatic heterocycles. The Hall–Kier alpha value is -1.67. The monoisotopic (exact) mass is 310 g/mol. The van der Waals surface area contributed by atoms with Gasteiger partial charge < -0.3 is 4.74 Å². The van der Waals surface area contributed by atoms with Crippen LogP contribution in [0.5, 0.6) is 0 Å². The van der Waals surface area contributed by atoms with Gasteiger partial charge in [0.25, 0.3) is 0 Å². The van der Waals surface area contributed by atoms with E-state index in [9.17, 15) is 4.79 Å². The number of carbonyl (C=O) groups excluding carboxylic acids is 1. The Labute approximate surface area is 138 Å². The zero-order valence-electron chi connectivity index (χ0n) is 14.2. The molecule has 1 aliphatic carbocycles. The number of carbonyl (C=O) groups is 1. The molecule has 1 atom stereocenters. The minimum atomic E-state index is 0.213. The molecule has 2 nitrogen and oxygen atoms in total. The molecule has 0 radical (unpaired) electrons. The largest absolute Gasteiger partial charge is 0.374 e. The zero-order valence-corrected chi connectivity index (χ0v) is 14.2. The molecule has 2 heteroatoms. The summed E-state index contributed by atoms with van der Waals surface area (Å²) in [5.41, 5.74) is 2.53. The van der Waals surface area contributed by atoms with Gasteiger partial charge in [-0.2, -0.15) is 0 Å². The molecule has 3 rings (SSSR count). The maximum absolute atomic E-state index is 12.2. The van der Waals surface area contributed by atoms with Crippen LogP contribution >= 0.6 is 0 Å². The molecular weight excluding hydrogens is 284 g/mol. The van der Waals surface area contributed by atoms with Crippen molar-refractivity contribution in [1.82, 2.24) is 0 Å². The molecule has 0 unspecified atom stereocenters. The third-order valence-electron chi connectivity index (χ3n) is 4.82. The standard InChI is InChI=1S/C21H26O2/c1-15(2)23-14-18-12-11-16(19-8-4-5-9-20(18)19)13-17-7-3-6-10-21(17)22/h4-5,8-9,11-12,15,17H,3,6-7,10,13-14H2,1-2H3/t17-/m0/s1. The van der Waals surface area contributed by atoms with Crippen molar-refractivity contribution < 1.29 is 9.53 Å². The molecule has 0 heterocycles. The average molecular weight is 310 g/mol. The van der Waals surface area contributed by atoms with Crippen molar-refractivity contribution in [3.05, 3.63) is 47.5 Å². The van der Waals surface area contributed by atoms with Crippen LogP contribution in [0.1, 0.15) is 50.7 Å². The van der Waals surface area contributed by atoms with Gasteiger partial charge >= 0.3 is 0 Å². The maximum atomic E-state index is 12.2. The molecule has 0 bridgehead atoms. The van der Waals surface area contributed by atoms with Gasteiger partial charge in [0.1, 0.15) is 5.78 Å². The highest BCUT2D eigenvalue weighted by Crippen LogP contribution is 2.29. The SMILES string of the molecule is CC(C)OCc1ccc(C[C@@H]2CCCCC2=O)c2ccccc12. The Morgan fingerprint density at radius 2 is 1.74 bits per heavy atom. The van der Waals surface area contributed by atoms with Gasteiger partial charge in [-0.05, 0) is 55.0 Å². The maximum Gasteiger partial charge on any atom is 0.136 e. The van der Waals surface area contributed by atoms with E-state index in [1.165, 1.54) is 28.3 Å². The summed E-state index contributed by atoms with van der Waals surface area (Å²) in [4.78, 5) is 12.2. The summed E-state index contributed by atoms with van der Waals surface area (Å²) in [5.74, 6) is 0.664. The number of rotatable bonds is 5. The molecule has 0 aliphatic heterocycles. The summed E-state index contributed by atoms with van der Waals surface area (Å²) in [5, 5.41) is 2.53. The zero-order chi connectivity index (χ0) is 16.2. The second kappa shape index (κ2) is 7.27. The van der Waals surface area contributed by atoms with Crippen LogP contribution in [0.3, 0.4) is 0 Å². The minimum absolute atomic E-state index is 0.213.